The summed E-state index contributed by atoms with van der Waals surface area (Å²) in [4.78, 5) is 0. The molecule has 17 heavy (non-hydrogen) atoms. The van der Waals surface area contributed by atoms with Gasteiger partial charge in [-0.25, -0.2) is 0 Å². The zero-order chi connectivity index (χ0) is 12.5. The topological polar surface area (TPSA) is 0 Å². The third-order valence-corrected chi connectivity index (χ3v) is 3.51. The first-order chi connectivity index (χ1) is 8.00. The molecule has 0 aromatic heterocycles. The average molecular weight is 224 g/mol. The Morgan fingerprint density at radius 3 is 1.94 bits per heavy atom. The van der Waals surface area contributed by atoms with Gasteiger partial charge in [0.2, 0.25) is 0 Å². The zero-order valence-corrected chi connectivity index (χ0v) is 11.1. The van der Waals surface area contributed by atoms with Gasteiger partial charge in [-0.05, 0) is 25.0 Å². The maximum atomic E-state index is 2.28. The maximum Gasteiger partial charge on any atom is 0.0146 e. The van der Waals surface area contributed by atoms with Crippen molar-refractivity contribution in [2.75, 3.05) is 0 Å². The van der Waals surface area contributed by atoms with Gasteiger partial charge in [0, 0.05) is 5.41 Å². The summed E-state index contributed by atoms with van der Waals surface area (Å²) < 4.78 is 0. The largest absolute Gasteiger partial charge is 0.0617 e. The molecule has 2 rings (SSSR count). The van der Waals surface area contributed by atoms with E-state index >= 15 is 0 Å². The first-order valence-corrected chi connectivity index (χ1v) is 6.14. The Kier molecular flexibility index (Phi) is 3.06. The molecule has 0 radical (unpaired) electrons. The highest BCUT2D eigenvalue weighted by Gasteiger charge is 2.22. The van der Waals surface area contributed by atoms with E-state index in [0.717, 1.165) is 0 Å². The van der Waals surface area contributed by atoms with E-state index in [0.29, 0.717) is 0 Å². The fourth-order valence-corrected chi connectivity index (χ4v) is 2.17. The lowest BCUT2D eigenvalue weighted by atomic mass is 9.77. The van der Waals surface area contributed by atoms with Crippen LogP contribution in [0.15, 0.2) is 48.5 Å². The summed E-state index contributed by atoms with van der Waals surface area (Å²) in [6.07, 6.45) is 0. The van der Waals surface area contributed by atoms with Crippen molar-refractivity contribution < 1.29 is 0 Å². The van der Waals surface area contributed by atoms with Crippen molar-refractivity contribution in [2.24, 2.45) is 0 Å². The van der Waals surface area contributed by atoms with Gasteiger partial charge in [0.1, 0.15) is 0 Å². The van der Waals surface area contributed by atoms with Crippen LogP contribution in [0, 0.1) is 13.8 Å². The Morgan fingerprint density at radius 2 is 1.35 bits per heavy atom. The van der Waals surface area contributed by atoms with Crippen LogP contribution in [0.25, 0.3) is 0 Å². The van der Waals surface area contributed by atoms with Crippen molar-refractivity contribution in [1.82, 2.24) is 0 Å². The maximum absolute atomic E-state index is 2.28. The average Bonchev–Trinajstić information content (AvgIpc) is 2.29. The van der Waals surface area contributed by atoms with E-state index in [2.05, 4.69) is 76.2 Å². The summed E-state index contributed by atoms with van der Waals surface area (Å²) in [7, 11) is 0. The highest BCUT2D eigenvalue weighted by Crippen LogP contribution is 2.31. The SMILES string of the molecule is Cc1ccc(C(C)(C)c2cccc(C)c2)cc1. The van der Waals surface area contributed by atoms with Crippen molar-refractivity contribution in [2.45, 2.75) is 33.1 Å². The molecule has 0 fully saturated rings. The normalized spacial score (nSPS) is 11.5. The molecule has 0 spiro atoms. The highest BCUT2D eigenvalue weighted by molar-refractivity contribution is 5.39. The minimum atomic E-state index is 0.0692. The van der Waals surface area contributed by atoms with Crippen LogP contribution >= 0.6 is 0 Å². The van der Waals surface area contributed by atoms with Gasteiger partial charge in [-0.15, -0.1) is 0 Å². The molecule has 0 saturated carbocycles. The van der Waals surface area contributed by atoms with Crippen LogP contribution in [0.2, 0.25) is 0 Å². The van der Waals surface area contributed by atoms with Gasteiger partial charge in [0.05, 0.1) is 0 Å². The van der Waals surface area contributed by atoms with Crippen LogP contribution in [0.5, 0.6) is 0 Å². The lowest BCUT2D eigenvalue weighted by molar-refractivity contribution is 0.640. The Bertz CT molecular complexity index is 504. The minimum absolute atomic E-state index is 0.0692. The fraction of sp³-hybridized carbons (Fsp3) is 0.294. The summed E-state index contributed by atoms with van der Waals surface area (Å²) in [5.74, 6) is 0. The zero-order valence-electron chi connectivity index (χ0n) is 11.1. The summed E-state index contributed by atoms with van der Waals surface area (Å²) in [6, 6.07) is 17.6. The van der Waals surface area contributed by atoms with Gasteiger partial charge in [-0.2, -0.15) is 0 Å². The van der Waals surface area contributed by atoms with Gasteiger partial charge in [0.15, 0.2) is 0 Å². The Labute approximate surface area is 104 Å². The van der Waals surface area contributed by atoms with Crippen LogP contribution in [0.1, 0.15) is 36.1 Å². The summed E-state index contributed by atoms with van der Waals surface area (Å²) in [6.45, 7) is 8.84. The first-order valence-electron chi connectivity index (χ1n) is 6.14. The van der Waals surface area contributed by atoms with E-state index in [4.69, 9.17) is 0 Å². The van der Waals surface area contributed by atoms with Crippen LogP contribution < -0.4 is 0 Å². The van der Waals surface area contributed by atoms with E-state index in [1.807, 2.05) is 0 Å². The van der Waals surface area contributed by atoms with E-state index in [-0.39, 0.29) is 5.41 Å². The Balaban J connectivity index is 2.45. The predicted molar refractivity (Wildman–Crippen MR) is 74.5 cm³/mol. The van der Waals surface area contributed by atoms with Crippen LogP contribution in [0.3, 0.4) is 0 Å². The Morgan fingerprint density at radius 1 is 0.706 bits per heavy atom. The predicted octanol–water partition coefficient (Wildman–Crippen LogP) is 4.63. The van der Waals surface area contributed by atoms with E-state index in [1.54, 1.807) is 0 Å². The standard InChI is InChI=1S/C17H20/c1-13-8-10-15(11-9-13)17(3,4)16-7-5-6-14(2)12-16/h5-12H,1-4H3. The molecule has 0 heterocycles. The molecule has 0 atom stereocenters. The molecular formula is C17H20. The lowest BCUT2D eigenvalue weighted by Gasteiger charge is -2.26. The number of hydrogen-bond acceptors (Lipinski definition) is 0. The van der Waals surface area contributed by atoms with Gasteiger partial charge in [-0.3, -0.25) is 0 Å². The fourth-order valence-electron chi connectivity index (χ4n) is 2.17. The van der Waals surface area contributed by atoms with Crippen molar-refractivity contribution in [1.29, 1.82) is 0 Å². The molecule has 0 aliphatic rings. The van der Waals surface area contributed by atoms with Gasteiger partial charge >= 0.3 is 0 Å². The second kappa shape index (κ2) is 4.37. The number of aryl methyl sites for hydroxylation is 2. The highest BCUT2D eigenvalue weighted by atomic mass is 14.3. The molecule has 0 aliphatic carbocycles. The summed E-state index contributed by atoms with van der Waals surface area (Å²) in [5.41, 5.74) is 5.45. The van der Waals surface area contributed by atoms with Gasteiger partial charge < -0.3 is 0 Å². The van der Waals surface area contributed by atoms with Crippen molar-refractivity contribution in [3.63, 3.8) is 0 Å². The third kappa shape index (κ3) is 2.41. The monoisotopic (exact) mass is 224 g/mol. The molecule has 0 saturated heterocycles. The molecule has 0 nitrogen and oxygen atoms in total. The molecule has 0 amide bonds. The molecule has 0 N–H and O–H groups in total. The summed E-state index contributed by atoms with van der Waals surface area (Å²) in [5, 5.41) is 0. The quantitative estimate of drug-likeness (QED) is 0.697. The molecule has 2 aromatic carbocycles. The molecule has 0 unspecified atom stereocenters. The molecule has 0 heteroatoms. The number of hydrogen-bond donors (Lipinski definition) is 0. The second-order valence-electron chi connectivity index (χ2n) is 5.36. The smallest absolute Gasteiger partial charge is 0.0146 e. The molecule has 0 bridgehead atoms. The number of rotatable bonds is 2. The molecule has 0 aliphatic heterocycles. The van der Waals surface area contributed by atoms with Crippen molar-refractivity contribution in [3.05, 3.63) is 70.8 Å². The van der Waals surface area contributed by atoms with E-state index < -0.39 is 0 Å². The third-order valence-electron chi connectivity index (χ3n) is 3.51. The van der Waals surface area contributed by atoms with Crippen LogP contribution in [-0.2, 0) is 5.41 Å². The summed E-state index contributed by atoms with van der Waals surface area (Å²) >= 11 is 0. The van der Waals surface area contributed by atoms with Crippen molar-refractivity contribution >= 4 is 0 Å². The van der Waals surface area contributed by atoms with E-state index in [1.165, 1.54) is 22.3 Å². The Hall–Kier alpha value is -1.56. The molecule has 2 aromatic rings. The molecular weight excluding hydrogens is 204 g/mol. The minimum Gasteiger partial charge on any atom is -0.0617 e. The van der Waals surface area contributed by atoms with Gasteiger partial charge in [0.25, 0.3) is 0 Å². The van der Waals surface area contributed by atoms with Crippen molar-refractivity contribution in [3.8, 4) is 0 Å². The lowest BCUT2D eigenvalue weighted by Crippen LogP contribution is -2.18. The van der Waals surface area contributed by atoms with Crippen LogP contribution in [-0.4, -0.2) is 0 Å². The van der Waals surface area contributed by atoms with Crippen LogP contribution in [0.4, 0.5) is 0 Å². The molecule has 88 valence electrons. The first kappa shape index (κ1) is 11.9. The number of benzene rings is 2. The second-order valence-corrected chi connectivity index (χ2v) is 5.36. The van der Waals surface area contributed by atoms with Gasteiger partial charge in [-0.1, -0.05) is 73.5 Å². The van der Waals surface area contributed by atoms with E-state index in [9.17, 15) is 0 Å².